The van der Waals surface area contributed by atoms with E-state index in [1.54, 1.807) is 19.3 Å². The molecule has 2 fully saturated rings. The van der Waals surface area contributed by atoms with Crippen LogP contribution in [0.15, 0.2) is 0 Å². The van der Waals surface area contributed by atoms with E-state index >= 15 is 0 Å². The summed E-state index contributed by atoms with van der Waals surface area (Å²) in [5, 5.41) is 0. The molecule has 0 heteroatoms. The van der Waals surface area contributed by atoms with Crippen molar-refractivity contribution < 1.29 is 0 Å². The Morgan fingerprint density at radius 2 is 1.22 bits per heavy atom. The molecule has 0 radical (unpaired) electrons. The Kier molecular flexibility index (Phi) is 6.05. The highest BCUT2D eigenvalue weighted by Gasteiger charge is 2.45. The van der Waals surface area contributed by atoms with E-state index in [2.05, 4.69) is 13.8 Å². The molecule has 0 aromatic carbocycles. The second-order valence-electron chi connectivity index (χ2n) is 7.10. The van der Waals surface area contributed by atoms with Crippen LogP contribution in [0.1, 0.15) is 90.9 Å². The van der Waals surface area contributed by atoms with Gasteiger partial charge in [-0.25, -0.2) is 0 Å². The van der Waals surface area contributed by atoms with Gasteiger partial charge in [0, 0.05) is 0 Å². The molecule has 0 N–H and O–H groups in total. The first-order valence-electron chi connectivity index (χ1n) is 8.83. The zero-order valence-corrected chi connectivity index (χ0v) is 12.8. The lowest BCUT2D eigenvalue weighted by Gasteiger charge is -2.16. The Balaban J connectivity index is 1.73. The summed E-state index contributed by atoms with van der Waals surface area (Å²) in [5.41, 5.74) is 0. The van der Waals surface area contributed by atoms with Crippen LogP contribution in [0.4, 0.5) is 0 Å². The quantitative estimate of drug-likeness (QED) is 0.559. The highest BCUT2D eigenvalue weighted by molar-refractivity contribution is 4.94. The second kappa shape index (κ2) is 7.56. The highest BCUT2D eigenvalue weighted by Crippen LogP contribution is 2.52. The third kappa shape index (κ3) is 4.28. The Labute approximate surface area is 115 Å². The molecule has 0 spiro atoms. The van der Waals surface area contributed by atoms with Gasteiger partial charge in [-0.2, -0.15) is 0 Å². The third-order valence-corrected chi connectivity index (χ3v) is 5.81. The fourth-order valence-corrected chi connectivity index (χ4v) is 4.39. The van der Waals surface area contributed by atoms with Gasteiger partial charge in [0.15, 0.2) is 0 Å². The van der Waals surface area contributed by atoms with Crippen molar-refractivity contribution in [2.24, 2.45) is 23.7 Å². The smallest absolute Gasteiger partial charge is 0.0352 e. The zero-order valence-electron chi connectivity index (χ0n) is 12.8. The van der Waals surface area contributed by atoms with Crippen molar-refractivity contribution in [1.29, 1.82) is 0 Å². The van der Waals surface area contributed by atoms with E-state index in [0.717, 1.165) is 23.7 Å². The van der Waals surface area contributed by atoms with Crippen molar-refractivity contribution in [1.82, 2.24) is 0 Å². The SMILES string of the molecule is CCC1C(C)C1CC1CCCCCCCCCC1. The Morgan fingerprint density at radius 3 is 1.67 bits per heavy atom. The minimum atomic E-state index is 1.05. The fourth-order valence-electron chi connectivity index (χ4n) is 4.39. The first-order chi connectivity index (χ1) is 8.83. The molecule has 0 bridgehead atoms. The van der Waals surface area contributed by atoms with Gasteiger partial charge >= 0.3 is 0 Å². The van der Waals surface area contributed by atoms with Crippen LogP contribution < -0.4 is 0 Å². The third-order valence-electron chi connectivity index (χ3n) is 5.81. The number of rotatable bonds is 3. The van der Waals surface area contributed by atoms with E-state index < -0.39 is 0 Å². The molecule has 2 aliphatic rings. The first kappa shape index (κ1) is 14.4. The lowest BCUT2D eigenvalue weighted by atomic mass is 9.89. The molecule has 0 aromatic heterocycles. The van der Waals surface area contributed by atoms with Crippen molar-refractivity contribution in [2.45, 2.75) is 90.9 Å². The normalized spacial score (nSPS) is 36.0. The maximum absolute atomic E-state index is 2.49. The summed E-state index contributed by atoms with van der Waals surface area (Å²) in [6.45, 7) is 4.88. The van der Waals surface area contributed by atoms with Crippen LogP contribution in [0.25, 0.3) is 0 Å². The molecule has 3 unspecified atom stereocenters. The Hall–Kier alpha value is 0. The van der Waals surface area contributed by atoms with E-state index in [-0.39, 0.29) is 0 Å². The fraction of sp³-hybridized carbons (Fsp3) is 1.00. The molecule has 0 saturated heterocycles. The van der Waals surface area contributed by atoms with E-state index in [4.69, 9.17) is 0 Å². The van der Waals surface area contributed by atoms with E-state index in [1.165, 1.54) is 57.8 Å². The van der Waals surface area contributed by atoms with E-state index in [0.29, 0.717) is 0 Å². The van der Waals surface area contributed by atoms with Crippen LogP contribution in [-0.4, -0.2) is 0 Å². The zero-order chi connectivity index (χ0) is 12.8. The minimum absolute atomic E-state index is 1.05. The summed E-state index contributed by atoms with van der Waals surface area (Å²) in [6, 6.07) is 0. The summed E-state index contributed by atoms with van der Waals surface area (Å²) >= 11 is 0. The van der Waals surface area contributed by atoms with Crippen molar-refractivity contribution in [3.05, 3.63) is 0 Å². The summed E-state index contributed by atoms with van der Waals surface area (Å²) < 4.78 is 0. The van der Waals surface area contributed by atoms with Gasteiger partial charge in [0.05, 0.1) is 0 Å². The van der Waals surface area contributed by atoms with Gasteiger partial charge in [-0.15, -0.1) is 0 Å². The monoisotopic (exact) mass is 250 g/mol. The molecule has 3 atom stereocenters. The van der Waals surface area contributed by atoms with Crippen LogP contribution >= 0.6 is 0 Å². The molecule has 0 heterocycles. The first-order valence-corrected chi connectivity index (χ1v) is 8.83. The van der Waals surface area contributed by atoms with Gasteiger partial charge in [0.25, 0.3) is 0 Å². The van der Waals surface area contributed by atoms with Gasteiger partial charge in [-0.3, -0.25) is 0 Å². The lowest BCUT2D eigenvalue weighted by Crippen LogP contribution is -2.03. The van der Waals surface area contributed by atoms with E-state index in [9.17, 15) is 0 Å². The predicted octanol–water partition coefficient (Wildman–Crippen LogP) is 6.20. The topological polar surface area (TPSA) is 0 Å². The molecule has 0 aromatic rings. The van der Waals surface area contributed by atoms with Gasteiger partial charge < -0.3 is 0 Å². The summed E-state index contributed by atoms with van der Waals surface area (Å²) in [4.78, 5) is 0. The second-order valence-corrected chi connectivity index (χ2v) is 7.10. The largest absolute Gasteiger partial charge is 0.0651 e. The Bertz CT molecular complexity index is 208. The molecular formula is C18H34. The maximum Gasteiger partial charge on any atom is -0.0352 e. The molecule has 2 rings (SSSR count). The van der Waals surface area contributed by atoms with Gasteiger partial charge in [0.1, 0.15) is 0 Å². The molecule has 0 amide bonds. The average molecular weight is 250 g/mol. The van der Waals surface area contributed by atoms with Crippen LogP contribution in [0.3, 0.4) is 0 Å². The van der Waals surface area contributed by atoms with Crippen LogP contribution in [0, 0.1) is 23.7 Å². The maximum atomic E-state index is 2.49. The standard InChI is InChI=1S/C18H34/c1-3-17-15(2)18(17)14-16-12-10-8-6-4-5-7-9-11-13-16/h15-18H,3-14H2,1-2H3. The van der Waals surface area contributed by atoms with Gasteiger partial charge in [-0.05, 0) is 30.1 Å². The highest BCUT2D eigenvalue weighted by atomic mass is 14.5. The molecule has 18 heavy (non-hydrogen) atoms. The molecular weight excluding hydrogens is 216 g/mol. The van der Waals surface area contributed by atoms with Gasteiger partial charge in [-0.1, -0.05) is 84.5 Å². The number of hydrogen-bond acceptors (Lipinski definition) is 0. The van der Waals surface area contributed by atoms with Gasteiger partial charge in [0.2, 0.25) is 0 Å². The average Bonchev–Trinajstić information content (AvgIpc) is 3.01. The summed E-state index contributed by atoms with van der Waals surface area (Å²) in [6.07, 6.45) is 18.1. The van der Waals surface area contributed by atoms with Crippen LogP contribution in [-0.2, 0) is 0 Å². The van der Waals surface area contributed by atoms with Crippen molar-refractivity contribution >= 4 is 0 Å². The number of hydrogen-bond donors (Lipinski definition) is 0. The molecule has 2 aliphatic carbocycles. The van der Waals surface area contributed by atoms with Crippen molar-refractivity contribution in [3.63, 3.8) is 0 Å². The molecule has 0 nitrogen and oxygen atoms in total. The van der Waals surface area contributed by atoms with Crippen LogP contribution in [0.5, 0.6) is 0 Å². The molecule has 2 saturated carbocycles. The summed E-state index contributed by atoms with van der Waals surface area (Å²) in [5.74, 6) is 4.31. The summed E-state index contributed by atoms with van der Waals surface area (Å²) in [7, 11) is 0. The van der Waals surface area contributed by atoms with E-state index in [1.807, 2.05) is 0 Å². The molecule has 0 aliphatic heterocycles. The minimum Gasteiger partial charge on any atom is -0.0651 e. The molecule has 106 valence electrons. The van der Waals surface area contributed by atoms with Crippen molar-refractivity contribution in [2.75, 3.05) is 0 Å². The van der Waals surface area contributed by atoms with Crippen LogP contribution in [0.2, 0.25) is 0 Å². The Morgan fingerprint density at radius 1 is 0.722 bits per heavy atom. The van der Waals surface area contributed by atoms with Crippen molar-refractivity contribution in [3.8, 4) is 0 Å². The lowest BCUT2D eigenvalue weighted by molar-refractivity contribution is 0.359. The predicted molar refractivity (Wildman–Crippen MR) is 80.7 cm³/mol.